The van der Waals surface area contributed by atoms with E-state index < -0.39 is 0 Å². The highest BCUT2D eigenvalue weighted by atomic mass is 16.3. The van der Waals surface area contributed by atoms with Crippen molar-refractivity contribution in [3.63, 3.8) is 0 Å². The van der Waals surface area contributed by atoms with Gasteiger partial charge in [0.25, 0.3) is 0 Å². The maximum absolute atomic E-state index is 11.5. The Bertz CT molecular complexity index is 354. The topological polar surface area (TPSA) is 33.5 Å². The number of hydrogen-bond donors (Lipinski definition) is 0. The first-order chi connectivity index (χ1) is 6.83. The summed E-state index contributed by atoms with van der Waals surface area (Å²) in [4.78, 5) is 13.2. The standard InChI is InChI=1S/C11H13NO2/c1-2-4-9-6-8-14-11(9)12-7-3-5-10(12)13/h2,6,8H,1,3-5,7H2. The number of furan rings is 1. The molecular weight excluding hydrogens is 178 g/mol. The van der Waals surface area contributed by atoms with Crippen molar-refractivity contribution in [1.82, 2.24) is 0 Å². The number of nitrogens with zero attached hydrogens (tertiary/aromatic N) is 1. The van der Waals surface area contributed by atoms with Gasteiger partial charge in [0.2, 0.25) is 11.8 Å². The van der Waals surface area contributed by atoms with E-state index in [0.29, 0.717) is 12.3 Å². The Morgan fingerprint density at radius 1 is 1.64 bits per heavy atom. The second-order valence-electron chi connectivity index (χ2n) is 3.39. The van der Waals surface area contributed by atoms with Crippen LogP contribution in [0.25, 0.3) is 0 Å². The Balaban J connectivity index is 2.26. The molecule has 1 aliphatic rings. The molecule has 0 aromatic carbocycles. The number of allylic oxidation sites excluding steroid dienone is 1. The normalized spacial score (nSPS) is 16.3. The number of carbonyl (C=O) groups is 1. The predicted molar refractivity (Wildman–Crippen MR) is 54.2 cm³/mol. The molecule has 1 aliphatic heterocycles. The Morgan fingerprint density at radius 3 is 3.14 bits per heavy atom. The molecule has 0 spiro atoms. The average Bonchev–Trinajstić information content (AvgIpc) is 2.74. The summed E-state index contributed by atoms with van der Waals surface area (Å²) in [5.41, 5.74) is 1.04. The van der Waals surface area contributed by atoms with E-state index in [9.17, 15) is 4.79 Å². The van der Waals surface area contributed by atoms with Gasteiger partial charge in [0.1, 0.15) is 0 Å². The first kappa shape index (κ1) is 9.06. The van der Waals surface area contributed by atoms with Crippen molar-refractivity contribution in [2.45, 2.75) is 19.3 Å². The molecule has 0 unspecified atom stereocenters. The van der Waals surface area contributed by atoms with E-state index in [2.05, 4.69) is 6.58 Å². The molecular formula is C11H13NO2. The molecule has 0 aliphatic carbocycles. The summed E-state index contributed by atoms with van der Waals surface area (Å²) in [7, 11) is 0. The Hall–Kier alpha value is -1.51. The van der Waals surface area contributed by atoms with Crippen LogP contribution in [0.15, 0.2) is 29.4 Å². The molecule has 2 rings (SSSR count). The third kappa shape index (κ3) is 1.45. The van der Waals surface area contributed by atoms with Gasteiger partial charge in [-0.3, -0.25) is 9.69 Å². The molecule has 1 aromatic heterocycles. The molecule has 1 amide bonds. The third-order valence-corrected chi connectivity index (χ3v) is 2.41. The molecule has 0 saturated carbocycles. The van der Waals surface area contributed by atoms with Crippen molar-refractivity contribution in [2.75, 3.05) is 11.4 Å². The van der Waals surface area contributed by atoms with Crippen LogP contribution < -0.4 is 4.90 Å². The largest absolute Gasteiger partial charge is 0.448 e. The maximum atomic E-state index is 11.5. The van der Waals surface area contributed by atoms with Crippen LogP contribution in [0.3, 0.4) is 0 Å². The SMILES string of the molecule is C=CCc1ccoc1N1CCCC1=O. The summed E-state index contributed by atoms with van der Waals surface area (Å²) in [6.45, 7) is 4.45. The van der Waals surface area contributed by atoms with Crippen LogP contribution in [0.1, 0.15) is 18.4 Å². The van der Waals surface area contributed by atoms with Crippen LogP contribution in [0, 0.1) is 0 Å². The van der Waals surface area contributed by atoms with E-state index >= 15 is 0 Å². The summed E-state index contributed by atoms with van der Waals surface area (Å²) in [6, 6.07) is 1.89. The highest BCUT2D eigenvalue weighted by Crippen LogP contribution is 2.26. The van der Waals surface area contributed by atoms with Crippen LogP contribution in [-0.4, -0.2) is 12.5 Å². The van der Waals surface area contributed by atoms with Gasteiger partial charge in [0, 0.05) is 18.5 Å². The van der Waals surface area contributed by atoms with E-state index in [1.54, 1.807) is 11.2 Å². The van der Waals surface area contributed by atoms with Gasteiger partial charge < -0.3 is 4.42 Å². The summed E-state index contributed by atoms with van der Waals surface area (Å²) in [6.07, 6.45) is 5.74. The number of amides is 1. The first-order valence-electron chi connectivity index (χ1n) is 4.80. The molecule has 74 valence electrons. The third-order valence-electron chi connectivity index (χ3n) is 2.41. The van der Waals surface area contributed by atoms with Crippen molar-refractivity contribution >= 4 is 11.8 Å². The summed E-state index contributed by atoms with van der Waals surface area (Å²) >= 11 is 0. The molecule has 0 radical (unpaired) electrons. The average molecular weight is 191 g/mol. The van der Waals surface area contributed by atoms with E-state index in [1.165, 1.54) is 0 Å². The second-order valence-corrected chi connectivity index (χ2v) is 3.39. The van der Waals surface area contributed by atoms with Crippen molar-refractivity contribution in [2.24, 2.45) is 0 Å². The summed E-state index contributed by atoms with van der Waals surface area (Å²) in [5.74, 6) is 0.859. The lowest BCUT2D eigenvalue weighted by atomic mass is 10.2. The van der Waals surface area contributed by atoms with E-state index in [-0.39, 0.29) is 5.91 Å². The zero-order valence-corrected chi connectivity index (χ0v) is 8.03. The Labute approximate surface area is 83.0 Å². The fourth-order valence-electron chi connectivity index (χ4n) is 1.74. The molecule has 0 atom stereocenters. The second kappa shape index (κ2) is 3.70. The lowest BCUT2D eigenvalue weighted by molar-refractivity contribution is -0.117. The van der Waals surface area contributed by atoms with Gasteiger partial charge >= 0.3 is 0 Å². The lowest BCUT2D eigenvalue weighted by Gasteiger charge is -2.13. The smallest absolute Gasteiger partial charge is 0.229 e. The maximum Gasteiger partial charge on any atom is 0.229 e. The predicted octanol–water partition coefficient (Wildman–Crippen LogP) is 2.13. The van der Waals surface area contributed by atoms with Crippen LogP contribution in [0.5, 0.6) is 0 Å². The summed E-state index contributed by atoms with van der Waals surface area (Å²) in [5, 5.41) is 0. The van der Waals surface area contributed by atoms with Crippen molar-refractivity contribution in [3.8, 4) is 0 Å². The minimum atomic E-state index is 0.158. The zero-order chi connectivity index (χ0) is 9.97. The highest BCUT2D eigenvalue weighted by molar-refractivity contribution is 5.94. The molecule has 1 aromatic rings. The van der Waals surface area contributed by atoms with Crippen LogP contribution in [-0.2, 0) is 11.2 Å². The van der Waals surface area contributed by atoms with Crippen molar-refractivity contribution < 1.29 is 9.21 Å². The monoisotopic (exact) mass is 191 g/mol. The molecule has 0 N–H and O–H groups in total. The Morgan fingerprint density at radius 2 is 2.50 bits per heavy atom. The highest BCUT2D eigenvalue weighted by Gasteiger charge is 2.25. The molecule has 3 nitrogen and oxygen atoms in total. The van der Waals surface area contributed by atoms with Crippen LogP contribution >= 0.6 is 0 Å². The molecule has 1 saturated heterocycles. The number of carbonyl (C=O) groups excluding carboxylic acids is 1. The quantitative estimate of drug-likeness (QED) is 0.686. The van der Waals surface area contributed by atoms with Crippen molar-refractivity contribution in [3.05, 3.63) is 30.5 Å². The molecule has 14 heavy (non-hydrogen) atoms. The van der Waals surface area contributed by atoms with Crippen molar-refractivity contribution in [1.29, 1.82) is 0 Å². The fraction of sp³-hybridized carbons (Fsp3) is 0.364. The van der Waals surface area contributed by atoms with Gasteiger partial charge in [-0.05, 0) is 18.9 Å². The number of anilines is 1. The van der Waals surface area contributed by atoms with E-state index in [1.807, 2.05) is 12.1 Å². The van der Waals surface area contributed by atoms with Gasteiger partial charge in [0.15, 0.2) is 0 Å². The van der Waals surface area contributed by atoms with Gasteiger partial charge in [0.05, 0.1) is 6.26 Å². The van der Waals surface area contributed by atoms with E-state index in [0.717, 1.165) is 24.9 Å². The van der Waals surface area contributed by atoms with Crippen LogP contribution in [0.2, 0.25) is 0 Å². The Kier molecular flexibility index (Phi) is 2.39. The first-order valence-corrected chi connectivity index (χ1v) is 4.80. The minimum Gasteiger partial charge on any atom is -0.448 e. The summed E-state index contributed by atoms with van der Waals surface area (Å²) < 4.78 is 5.33. The zero-order valence-electron chi connectivity index (χ0n) is 8.03. The van der Waals surface area contributed by atoms with Gasteiger partial charge in [-0.25, -0.2) is 0 Å². The van der Waals surface area contributed by atoms with Gasteiger partial charge in [-0.2, -0.15) is 0 Å². The lowest BCUT2D eigenvalue weighted by Crippen LogP contribution is -2.24. The van der Waals surface area contributed by atoms with Crippen LogP contribution in [0.4, 0.5) is 5.88 Å². The molecule has 2 heterocycles. The number of rotatable bonds is 3. The minimum absolute atomic E-state index is 0.158. The fourth-order valence-corrected chi connectivity index (χ4v) is 1.74. The molecule has 0 bridgehead atoms. The van der Waals surface area contributed by atoms with Gasteiger partial charge in [-0.1, -0.05) is 6.08 Å². The molecule has 1 fully saturated rings. The van der Waals surface area contributed by atoms with Gasteiger partial charge in [-0.15, -0.1) is 6.58 Å². The molecule has 3 heteroatoms. The number of hydrogen-bond acceptors (Lipinski definition) is 2. The van der Waals surface area contributed by atoms with E-state index in [4.69, 9.17) is 4.42 Å².